The summed E-state index contributed by atoms with van der Waals surface area (Å²) in [6, 6.07) is 8.65. The topological polar surface area (TPSA) is 48.1 Å². The predicted octanol–water partition coefficient (Wildman–Crippen LogP) is 3.55. The molecule has 1 aromatic heterocycles. The van der Waals surface area contributed by atoms with Crippen molar-refractivity contribution in [2.75, 3.05) is 5.73 Å². The Balaban J connectivity index is 2.07. The van der Waals surface area contributed by atoms with Gasteiger partial charge in [0.1, 0.15) is 18.2 Å². The van der Waals surface area contributed by atoms with Crippen LogP contribution in [-0.2, 0) is 6.61 Å². The molecular weight excluding hydrogens is 259 g/mol. The van der Waals surface area contributed by atoms with Gasteiger partial charge in [0.2, 0.25) is 0 Å². The van der Waals surface area contributed by atoms with Gasteiger partial charge in [0.05, 0.1) is 5.02 Å². The first-order valence-corrected chi connectivity index (χ1v) is 5.69. The van der Waals surface area contributed by atoms with Gasteiger partial charge in [0.15, 0.2) is 0 Å². The monoisotopic (exact) mass is 268 g/mol. The molecule has 3 nitrogen and oxygen atoms in total. The summed E-state index contributed by atoms with van der Waals surface area (Å²) in [5.41, 5.74) is 6.40. The van der Waals surface area contributed by atoms with Gasteiger partial charge in [-0.3, -0.25) is 0 Å². The van der Waals surface area contributed by atoms with Crippen molar-refractivity contribution >= 4 is 29.0 Å². The van der Waals surface area contributed by atoms with E-state index < -0.39 is 0 Å². The van der Waals surface area contributed by atoms with E-state index in [1.807, 2.05) is 6.07 Å². The van der Waals surface area contributed by atoms with E-state index in [0.717, 1.165) is 5.56 Å². The largest absolute Gasteiger partial charge is 0.487 e. The van der Waals surface area contributed by atoms with E-state index in [-0.39, 0.29) is 0 Å². The molecule has 0 unspecified atom stereocenters. The highest BCUT2D eigenvalue weighted by molar-refractivity contribution is 6.34. The Morgan fingerprint density at radius 1 is 1.18 bits per heavy atom. The van der Waals surface area contributed by atoms with Crippen molar-refractivity contribution in [3.8, 4) is 5.75 Å². The maximum atomic E-state index is 5.97. The van der Waals surface area contributed by atoms with Crippen molar-refractivity contribution in [3.63, 3.8) is 0 Å². The number of hydrogen-bond donors (Lipinski definition) is 1. The van der Waals surface area contributed by atoms with E-state index in [4.69, 9.17) is 33.7 Å². The molecule has 88 valence electrons. The molecule has 0 saturated heterocycles. The summed E-state index contributed by atoms with van der Waals surface area (Å²) in [5, 5.41) is 1.11. The Kier molecular flexibility index (Phi) is 3.71. The number of benzene rings is 1. The van der Waals surface area contributed by atoms with Gasteiger partial charge in [-0.25, -0.2) is 4.98 Å². The summed E-state index contributed by atoms with van der Waals surface area (Å²) >= 11 is 11.8. The molecule has 0 aliphatic carbocycles. The molecule has 0 fully saturated rings. The third-order valence-corrected chi connectivity index (χ3v) is 2.68. The third-order valence-electron chi connectivity index (χ3n) is 2.14. The van der Waals surface area contributed by atoms with Crippen molar-refractivity contribution in [1.29, 1.82) is 0 Å². The number of rotatable bonds is 3. The molecule has 0 amide bonds. The van der Waals surface area contributed by atoms with E-state index in [1.54, 1.807) is 30.5 Å². The highest BCUT2D eigenvalue weighted by Gasteiger charge is 2.03. The minimum absolute atomic E-state index is 0.368. The molecule has 2 N–H and O–H groups in total. The molecular formula is C12H10Cl2N2O. The summed E-state index contributed by atoms with van der Waals surface area (Å²) < 4.78 is 5.55. The second-order valence-electron chi connectivity index (χ2n) is 3.45. The fraction of sp³-hybridized carbons (Fsp3) is 0.0833. The van der Waals surface area contributed by atoms with Crippen LogP contribution in [0.2, 0.25) is 10.0 Å². The van der Waals surface area contributed by atoms with Crippen LogP contribution >= 0.6 is 23.2 Å². The number of nitrogens with two attached hydrogens (primary N) is 1. The Morgan fingerprint density at radius 3 is 2.71 bits per heavy atom. The number of aromatic nitrogens is 1. The quantitative estimate of drug-likeness (QED) is 0.926. The maximum absolute atomic E-state index is 5.97. The lowest BCUT2D eigenvalue weighted by molar-refractivity contribution is 0.306. The summed E-state index contributed by atoms with van der Waals surface area (Å²) in [5.74, 6) is 1.03. The van der Waals surface area contributed by atoms with Crippen molar-refractivity contribution < 1.29 is 4.74 Å². The van der Waals surface area contributed by atoms with E-state index in [2.05, 4.69) is 4.98 Å². The van der Waals surface area contributed by atoms with Crippen molar-refractivity contribution in [2.24, 2.45) is 0 Å². The van der Waals surface area contributed by atoms with Crippen molar-refractivity contribution in [1.82, 2.24) is 4.98 Å². The van der Waals surface area contributed by atoms with Crippen LogP contribution < -0.4 is 10.5 Å². The molecule has 0 aliphatic heterocycles. The second-order valence-corrected chi connectivity index (χ2v) is 4.30. The van der Waals surface area contributed by atoms with Crippen LogP contribution in [0.3, 0.4) is 0 Å². The van der Waals surface area contributed by atoms with Crippen LogP contribution in [0.1, 0.15) is 5.56 Å². The standard InChI is InChI=1S/C12H10Cl2N2O/c13-9-2-3-10(14)11(5-9)17-7-8-1-4-12(15)16-6-8/h1-6H,7H2,(H2,15,16). The fourth-order valence-electron chi connectivity index (χ4n) is 1.27. The third kappa shape index (κ3) is 3.25. The van der Waals surface area contributed by atoms with Gasteiger partial charge in [-0.1, -0.05) is 29.3 Å². The van der Waals surface area contributed by atoms with Gasteiger partial charge in [-0.05, 0) is 18.2 Å². The fourth-order valence-corrected chi connectivity index (χ4v) is 1.60. The average Bonchev–Trinajstić information content (AvgIpc) is 2.32. The molecule has 5 heteroatoms. The molecule has 0 aliphatic rings. The molecule has 0 bridgehead atoms. The second kappa shape index (κ2) is 5.25. The average molecular weight is 269 g/mol. The SMILES string of the molecule is Nc1ccc(COc2cc(Cl)ccc2Cl)cn1. The zero-order chi connectivity index (χ0) is 12.3. The number of nitrogens with zero attached hydrogens (tertiary/aromatic N) is 1. The van der Waals surface area contributed by atoms with Gasteiger partial charge >= 0.3 is 0 Å². The molecule has 0 radical (unpaired) electrons. The van der Waals surface area contributed by atoms with E-state index >= 15 is 0 Å². The lowest BCUT2D eigenvalue weighted by Gasteiger charge is -2.08. The normalized spacial score (nSPS) is 10.2. The molecule has 1 heterocycles. The zero-order valence-electron chi connectivity index (χ0n) is 8.86. The highest BCUT2D eigenvalue weighted by Crippen LogP contribution is 2.28. The summed E-state index contributed by atoms with van der Waals surface area (Å²) in [6.07, 6.45) is 1.66. The Morgan fingerprint density at radius 2 is 2.00 bits per heavy atom. The van der Waals surface area contributed by atoms with Crippen LogP contribution in [0.15, 0.2) is 36.5 Å². The molecule has 2 aromatic rings. The minimum atomic E-state index is 0.368. The van der Waals surface area contributed by atoms with Crippen LogP contribution in [0.25, 0.3) is 0 Å². The smallest absolute Gasteiger partial charge is 0.139 e. The summed E-state index contributed by atoms with van der Waals surface area (Å²) in [4.78, 5) is 3.97. The van der Waals surface area contributed by atoms with Crippen LogP contribution in [0.5, 0.6) is 5.75 Å². The number of nitrogen functional groups attached to an aromatic ring is 1. The number of hydrogen-bond acceptors (Lipinski definition) is 3. The maximum Gasteiger partial charge on any atom is 0.139 e. The van der Waals surface area contributed by atoms with Gasteiger partial charge < -0.3 is 10.5 Å². The summed E-state index contributed by atoms with van der Waals surface area (Å²) in [6.45, 7) is 0.368. The first-order valence-electron chi connectivity index (χ1n) is 4.93. The molecule has 0 atom stereocenters. The first kappa shape index (κ1) is 12.0. The van der Waals surface area contributed by atoms with Gasteiger partial charge in [0.25, 0.3) is 0 Å². The number of halogens is 2. The Bertz CT molecular complexity index is 514. The lowest BCUT2D eigenvalue weighted by Crippen LogP contribution is -1.98. The number of pyridine rings is 1. The Hall–Kier alpha value is -1.45. The summed E-state index contributed by atoms with van der Waals surface area (Å²) in [7, 11) is 0. The number of ether oxygens (including phenoxy) is 1. The first-order chi connectivity index (χ1) is 8.15. The highest BCUT2D eigenvalue weighted by atomic mass is 35.5. The molecule has 17 heavy (non-hydrogen) atoms. The zero-order valence-corrected chi connectivity index (χ0v) is 10.4. The van der Waals surface area contributed by atoms with E-state index in [0.29, 0.717) is 28.2 Å². The van der Waals surface area contributed by atoms with Crippen LogP contribution in [0.4, 0.5) is 5.82 Å². The van der Waals surface area contributed by atoms with Gasteiger partial charge in [-0.2, -0.15) is 0 Å². The van der Waals surface area contributed by atoms with Crippen LogP contribution in [0, 0.1) is 0 Å². The van der Waals surface area contributed by atoms with Gasteiger partial charge in [0, 0.05) is 22.8 Å². The predicted molar refractivity (Wildman–Crippen MR) is 69.4 cm³/mol. The Labute approximate surface area is 109 Å². The van der Waals surface area contributed by atoms with E-state index in [9.17, 15) is 0 Å². The van der Waals surface area contributed by atoms with Crippen LogP contribution in [-0.4, -0.2) is 4.98 Å². The molecule has 0 saturated carbocycles. The van der Waals surface area contributed by atoms with Crippen molar-refractivity contribution in [2.45, 2.75) is 6.61 Å². The molecule has 0 spiro atoms. The van der Waals surface area contributed by atoms with E-state index in [1.165, 1.54) is 0 Å². The lowest BCUT2D eigenvalue weighted by atomic mass is 10.3. The van der Waals surface area contributed by atoms with Crippen molar-refractivity contribution in [3.05, 3.63) is 52.1 Å². The number of anilines is 1. The molecule has 1 aromatic carbocycles. The minimum Gasteiger partial charge on any atom is -0.487 e. The molecule has 2 rings (SSSR count). The van der Waals surface area contributed by atoms with Gasteiger partial charge in [-0.15, -0.1) is 0 Å².